The number of nitrogens with one attached hydrogen (secondary N) is 1. The molecule has 6 heteroatoms. The molecule has 5 nitrogen and oxygen atoms in total. The lowest BCUT2D eigenvalue weighted by Crippen LogP contribution is -2.36. The molecule has 3 aromatic carbocycles. The van der Waals surface area contributed by atoms with Crippen LogP contribution in [0, 0.1) is 0 Å². The maximum Gasteiger partial charge on any atom is 0.261 e. The van der Waals surface area contributed by atoms with E-state index in [9.17, 15) is 13.2 Å². The van der Waals surface area contributed by atoms with Crippen molar-refractivity contribution in [2.75, 3.05) is 11.3 Å². The Balaban J connectivity index is 1.36. The average molecular weight is 447 g/mol. The Hall–Kier alpha value is -3.12. The van der Waals surface area contributed by atoms with Crippen LogP contribution in [-0.4, -0.2) is 25.8 Å². The number of carbonyl (C=O) groups is 1. The van der Waals surface area contributed by atoms with Gasteiger partial charge in [-0.1, -0.05) is 30.3 Å². The second-order valence-corrected chi connectivity index (χ2v) is 10.3. The van der Waals surface area contributed by atoms with Crippen molar-refractivity contribution in [3.63, 3.8) is 0 Å². The molecule has 0 bridgehead atoms. The van der Waals surface area contributed by atoms with E-state index in [-0.39, 0.29) is 5.91 Å². The van der Waals surface area contributed by atoms with Crippen LogP contribution >= 0.6 is 0 Å². The fourth-order valence-electron chi connectivity index (χ4n) is 4.65. The number of hydrogen-bond acceptors (Lipinski definition) is 3. The van der Waals surface area contributed by atoms with E-state index in [4.69, 9.17) is 0 Å². The van der Waals surface area contributed by atoms with Gasteiger partial charge in [0.2, 0.25) is 0 Å². The van der Waals surface area contributed by atoms with E-state index in [0.717, 1.165) is 48.8 Å². The molecule has 0 unspecified atom stereocenters. The Bertz CT molecular complexity index is 1270. The van der Waals surface area contributed by atoms with Gasteiger partial charge >= 0.3 is 0 Å². The predicted octanol–water partition coefficient (Wildman–Crippen LogP) is 4.56. The Morgan fingerprint density at radius 3 is 2.31 bits per heavy atom. The number of carbonyl (C=O) groups excluding carboxylic acids is 1. The van der Waals surface area contributed by atoms with Gasteiger partial charge in [-0.3, -0.25) is 9.52 Å². The Morgan fingerprint density at radius 2 is 1.50 bits per heavy atom. The van der Waals surface area contributed by atoms with Gasteiger partial charge in [-0.15, -0.1) is 0 Å². The Morgan fingerprint density at radius 1 is 0.781 bits per heavy atom. The van der Waals surface area contributed by atoms with Crippen LogP contribution in [0.25, 0.3) is 0 Å². The van der Waals surface area contributed by atoms with Crippen molar-refractivity contribution in [3.8, 4) is 0 Å². The first kappa shape index (κ1) is 20.8. The molecule has 0 saturated heterocycles. The molecular formula is C26H26N2O3S. The topological polar surface area (TPSA) is 66.5 Å². The summed E-state index contributed by atoms with van der Waals surface area (Å²) in [6, 6.07) is 20.3. The molecule has 0 spiro atoms. The molecule has 32 heavy (non-hydrogen) atoms. The molecule has 0 atom stereocenters. The van der Waals surface area contributed by atoms with Gasteiger partial charge in [0.25, 0.3) is 15.9 Å². The van der Waals surface area contributed by atoms with E-state index in [0.29, 0.717) is 29.2 Å². The number of rotatable bonds is 4. The maximum atomic E-state index is 13.0. The van der Waals surface area contributed by atoms with Crippen molar-refractivity contribution in [2.24, 2.45) is 0 Å². The van der Waals surface area contributed by atoms with E-state index in [2.05, 4.69) is 4.72 Å². The van der Waals surface area contributed by atoms with Gasteiger partial charge in [-0.25, -0.2) is 8.42 Å². The number of aryl methyl sites for hydroxylation is 2. The summed E-state index contributed by atoms with van der Waals surface area (Å²) in [5.74, 6) is -0.00343. The minimum absolute atomic E-state index is 0.00343. The van der Waals surface area contributed by atoms with Gasteiger partial charge in [0.05, 0.1) is 4.90 Å². The van der Waals surface area contributed by atoms with Gasteiger partial charge in [0, 0.05) is 24.3 Å². The van der Waals surface area contributed by atoms with Crippen molar-refractivity contribution in [1.82, 2.24) is 4.90 Å². The first-order chi connectivity index (χ1) is 15.5. The highest BCUT2D eigenvalue weighted by Crippen LogP contribution is 2.27. The maximum absolute atomic E-state index is 13.0. The van der Waals surface area contributed by atoms with Crippen LogP contribution < -0.4 is 4.72 Å². The van der Waals surface area contributed by atoms with Crippen LogP contribution in [0.4, 0.5) is 5.69 Å². The molecule has 2 aliphatic rings. The van der Waals surface area contributed by atoms with Crippen LogP contribution in [0.15, 0.2) is 71.6 Å². The highest BCUT2D eigenvalue weighted by Gasteiger charge is 2.23. The van der Waals surface area contributed by atoms with Crippen LogP contribution in [-0.2, 0) is 35.8 Å². The molecule has 1 aliphatic heterocycles. The quantitative estimate of drug-likeness (QED) is 0.639. The molecule has 0 saturated carbocycles. The second-order valence-electron chi connectivity index (χ2n) is 8.57. The summed E-state index contributed by atoms with van der Waals surface area (Å²) in [5, 5.41) is 0. The van der Waals surface area contributed by atoms with Crippen molar-refractivity contribution >= 4 is 21.6 Å². The molecule has 164 valence electrons. The van der Waals surface area contributed by atoms with Gasteiger partial charge in [-0.2, -0.15) is 0 Å². The average Bonchev–Trinajstić information content (AvgIpc) is 2.83. The molecule has 0 aromatic heterocycles. The largest absolute Gasteiger partial charge is 0.334 e. The molecule has 1 heterocycles. The monoisotopic (exact) mass is 446 g/mol. The first-order valence-corrected chi connectivity index (χ1v) is 12.6. The highest BCUT2D eigenvalue weighted by molar-refractivity contribution is 7.92. The van der Waals surface area contributed by atoms with Crippen LogP contribution in [0.3, 0.4) is 0 Å². The van der Waals surface area contributed by atoms with Crippen molar-refractivity contribution in [2.45, 2.75) is 43.5 Å². The molecule has 3 aromatic rings. The summed E-state index contributed by atoms with van der Waals surface area (Å²) in [5.41, 5.74) is 5.72. The third-order valence-electron chi connectivity index (χ3n) is 6.41. The number of sulfonamides is 1. The number of amides is 1. The van der Waals surface area contributed by atoms with Crippen molar-refractivity contribution in [1.29, 1.82) is 0 Å². The molecule has 0 fully saturated rings. The SMILES string of the molecule is O=C(c1ccccc1)N1CCc2ccc(NS(=O)(=O)c3ccc4c(c3)CCCC4)cc2C1. The number of hydrogen-bond donors (Lipinski definition) is 1. The van der Waals surface area contributed by atoms with Gasteiger partial charge in [0.15, 0.2) is 0 Å². The standard InChI is InChI=1S/C26H26N2O3S/c29-26(21-7-2-1-3-8-21)28-15-14-20-10-12-24(16-23(20)18-28)27-32(30,31)25-13-11-19-6-4-5-9-22(19)17-25/h1-3,7-8,10-13,16-17,27H,4-6,9,14-15,18H2. The van der Waals surface area contributed by atoms with Gasteiger partial charge in [-0.05, 0) is 90.8 Å². The van der Waals surface area contributed by atoms with E-state index >= 15 is 0 Å². The normalized spacial score (nSPS) is 15.6. The van der Waals surface area contributed by atoms with Crippen LogP contribution in [0.5, 0.6) is 0 Å². The Kier molecular flexibility index (Phi) is 5.47. The molecule has 1 amide bonds. The third-order valence-corrected chi connectivity index (χ3v) is 7.79. The zero-order valence-corrected chi connectivity index (χ0v) is 18.7. The van der Waals surface area contributed by atoms with Crippen molar-refractivity contribution in [3.05, 3.63) is 94.5 Å². The smallest absolute Gasteiger partial charge is 0.261 e. The first-order valence-electron chi connectivity index (χ1n) is 11.1. The van der Waals surface area contributed by atoms with E-state index in [1.54, 1.807) is 6.07 Å². The van der Waals surface area contributed by atoms with Crippen molar-refractivity contribution < 1.29 is 13.2 Å². The predicted molar refractivity (Wildman–Crippen MR) is 125 cm³/mol. The molecular weight excluding hydrogens is 420 g/mol. The van der Waals surface area contributed by atoms with Gasteiger partial charge < -0.3 is 4.90 Å². The fraction of sp³-hybridized carbons (Fsp3) is 0.269. The number of benzene rings is 3. The summed E-state index contributed by atoms with van der Waals surface area (Å²) in [6.45, 7) is 1.12. The summed E-state index contributed by atoms with van der Waals surface area (Å²) in [7, 11) is -3.68. The lowest BCUT2D eigenvalue weighted by Gasteiger charge is -2.29. The van der Waals surface area contributed by atoms with E-state index in [1.165, 1.54) is 5.56 Å². The van der Waals surface area contributed by atoms with Crippen LogP contribution in [0.1, 0.15) is 45.5 Å². The lowest BCUT2D eigenvalue weighted by molar-refractivity contribution is 0.0734. The minimum atomic E-state index is -3.68. The second kappa shape index (κ2) is 8.43. The zero-order chi connectivity index (χ0) is 22.1. The summed E-state index contributed by atoms with van der Waals surface area (Å²) in [4.78, 5) is 15.0. The number of nitrogens with zero attached hydrogens (tertiary/aromatic N) is 1. The fourth-order valence-corrected chi connectivity index (χ4v) is 5.75. The lowest BCUT2D eigenvalue weighted by atomic mass is 9.92. The molecule has 1 aliphatic carbocycles. The third kappa shape index (κ3) is 4.15. The molecule has 5 rings (SSSR count). The van der Waals surface area contributed by atoms with E-state index in [1.807, 2.05) is 65.6 Å². The zero-order valence-electron chi connectivity index (χ0n) is 17.9. The summed E-state index contributed by atoms with van der Waals surface area (Å²) < 4.78 is 28.8. The minimum Gasteiger partial charge on any atom is -0.334 e. The highest BCUT2D eigenvalue weighted by atomic mass is 32.2. The van der Waals surface area contributed by atoms with Crippen LogP contribution in [0.2, 0.25) is 0 Å². The van der Waals surface area contributed by atoms with E-state index < -0.39 is 10.0 Å². The van der Waals surface area contributed by atoms with Gasteiger partial charge in [0.1, 0.15) is 0 Å². The number of anilines is 1. The molecule has 0 radical (unpaired) electrons. The molecule has 1 N–H and O–H groups in total. The Labute approximate surface area is 189 Å². The number of fused-ring (bicyclic) bond motifs is 2. The summed E-state index contributed by atoms with van der Waals surface area (Å²) >= 11 is 0. The summed E-state index contributed by atoms with van der Waals surface area (Å²) in [6.07, 6.45) is 4.98.